The summed E-state index contributed by atoms with van der Waals surface area (Å²) in [5, 5.41) is 21.0. The molecule has 0 spiro atoms. The Morgan fingerprint density at radius 1 is 1.42 bits per heavy atom. The molecule has 5 nitrogen and oxygen atoms in total. The molecule has 0 aromatic heterocycles. The maximum atomic E-state index is 10.9. The first kappa shape index (κ1) is 15.7. The zero-order valence-electron chi connectivity index (χ0n) is 10.8. The van der Waals surface area contributed by atoms with Gasteiger partial charge in [-0.05, 0) is 25.7 Å². The molecule has 19 heavy (non-hydrogen) atoms. The molecular weight excluding hydrogens is 268 g/mol. The van der Waals surface area contributed by atoms with Crippen LogP contribution in [0.15, 0.2) is 12.1 Å². The third-order valence-electron chi connectivity index (χ3n) is 3.83. The summed E-state index contributed by atoms with van der Waals surface area (Å²) in [6.45, 7) is 1.61. The fourth-order valence-corrected chi connectivity index (χ4v) is 2.77. The van der Waals surface area contributed by atoms with Crippen LogP contribution < -0.4 is 5.73 Å². The summed E-state index contributed by atoms with van der Waals surface area (Å²) < 4.78 is 0. The monoisotopic (exact) mass is 286 g/mol. The predicted molar refractivity (Wildman–Crippen MR) is 75.6 cm³/mol. The predicted octanol–water partition coefficient (Wildman–Crippen LogP) is 3.22. The van der Waals surface area contributed by atoms with Crippen molar-refractivity contribution in [2.45, 2.75) is 38.6 Å². The van der Waals surface area contributed by atoms with Crippen LogP contribution in [0.4, 0.5) is 5.69 Å². The lowest BCUT2D eigenvalue weighted by molar-refractivity contribution is -0.386. The molecule has 106 valence electrons. The minimum atomic E-state index is -0.546. The third kappa shape index (κ3) is 2.98. The normalized spacial score (nSPS) is 16.9. The number of phenols is 1. The van der Waals surface area contributed by atoms with Gasteiger partial charge in [-0.3, -0.25) is 10.1 Å². The lowest BCUT2D eigenvalue weighted by Crippen LogP contribution is -2.19. The number of phenolic OH excluding ortho intramolecular Hbond substituents is 1. The molecule has 0 saturated heterocycles. The smallest absolute Gasteiger partial charge is 0.313 e. The average molecular weight is 287 g/mol. The van der Waals surface area contributed by atoms with Crippen LogP contribution in [0.1, 0.15) is 42.9 Å². The van der Waals surface area contributed by atoms with Gasteiger partial charge in [0, 0.05) is 17.2 Å². The molecular formula is C13H19ClN2O3. The largest absolute Gasteiger partial charge is 0.502 e. The quantitative estimate of drug-likeness (QED) is 0.659. The Balaban J connectivity index is 0.00000180. The van der Waals surface area contributed by atoms with Crippen molar-refractivity contribution in [2.24, 2.45) is 11.7 Å². The number of hydrogen-bond donors (Lipinski definition) is 2. The zero-order valence-corrected chi connectivity index (χ0v) is 11.7. The molecule has 3 N–H and O–H groups in total. The van der Waals surface area contributed by atoms with Crippen LogP contribution in [-0.4, -0.2) is 10.0 Å². The number of nitrogens with two attached hydrogens (primary N) is 1. The van der Waals surface area contributed by atoms with E-state index in [1.165, 1.54) is 0 Å². The molecule has 1 aromatic carbocycles. The Kier molecular flexibility index (Phi) is 5.14. The molecule has 2 rings (SSSR count). The Morgan fingerprint density at radius 3 is 2.53 bits per heavy atom. The maximum absolute atomic E-state index is 10.9. The number of rotatable bonds is 3. The summed E-state index contributed by atoms with van der Waals surface area (Å²) in [5.74, 6) is 0.0533. The number of benzene rings is 1. The molecule has 1 aromatic rings. The number of nitrogens with zero attached hydrogens (tertiary/aromatic N) is 1. The molecule has 0 amide bonds. The van der Waals surface area contributed by atoms with E-state index in [1.807, 2.05) is 0 Å². The molecule has 0 radical (unpaired) electrons. The van der Waals surface area contributed by atoms with Crippen LogP contribution in [0.3, 0.4) is 0 Å². The van der Waals surface area contributed by atoms with Crippen molar-refractivity contribution >= 4 is 18.1 Å². The molecule has 0 unspecified atom stereocenters. The fourth-order valence-electron chi connectivity index (χ4n) is 2.77. The molecule has 1 aliphatic rings. The molecule has 0 bridgehead atoms. The van der Waals surface area contributed by atoms with Gasteiger partial charge in [-0.25, -0.2) is 0 Å². The Labute approximate surface area is 118 Å². The summed E-state index contributed by atoms with van der Waals surface area (Å²) in [4.78, 5) is 10.4. The van der Waals surface area contributed by atoms with Crippen LogP contribution in [0, 0.1) is 23.0 Å². The van der Waals surface area contributed by atoms with E-state index < -0.39 is 4.92 Å². The van der Waals surface area contributed by atoms with Crippen molar-refractivity contribution in [2.75, 3.05) is 0 Å². The Morgan fingerprint density at radius 2 is 2.00 bits per heavy atom. The Hall–Kier alpha value is -1.33. The van der Waals surface area contributed by atoms with E-state index in [2.05, 4.69) is 0 Å². The van der Waals surface area contributed by atoms with Crippen molar-refractivity contribution < 1.29 is 10.0 Å². The summed E-state index contributed by atoms with van der Waals surface area (Å²) >= 11 is 0. The van der Waals surface area contributed by atoms with Crippen molar-refractivity contribution in [1.82, 2.24) is 0 Å². The third-order valence-corrected chi connectivity index (χ3v) is 3.83. The second-order valence-electron chi connectivity index (χ2n) is 5.00. The van der Waals surface area contributed by atoms with Gasteiger partial charge in [0.1, 0.15) is 0 Å². The van der Waals surface area contributed by atoms with E-state index in [-0.39, 0.29) is 29.9 Å². The number of nitro benzene ring substituents is 1. The van der Waals surface area contributed by atoms with Crippen molar-refractivity contribution in [3.8, 4) is 5.75 Å². The number of aromatic hydroxyl groups is 1. The van der Waals surface area contributed by atoms with Crippen LogP contribution in [0.25, 0.3) is 0 Å². The molecule has 0 aliphatic heterocycles. The van der Waals surface area contributed by atoms with Gasteiger partial charge in [-0.1, -0.05) is 25.0 Å². The topological polar surface area (TPSA) is 89.4 Å². The van der Waals surface area contributed by atoms with Crippen LogP contribution >= 0.6 is 12.4 Å². The SMILES string of the molecule is Cc1ccc([C@@H](N)C2CCCC2)c(O)c1[N+](=O)[O-].Cl. The van der Waals surface area contributed by atoms with Gasteiger partial charge in [-0.15, -0.1) is 12.4 Å². The van der Waals surface area contributed by atoms with Crippen LogP contribution in [0.2, 0.25) is 0 Å². The van der Waals surface area contributed by atoms with E-state index in [0.29, 0.717) is 17.0 Å². The maximum Gasteiger partial charge on any atom is 0.313 e. The van der Waals surface area contributed by atoms with Crippen LogP contribution in [-0.2, 0) is 0 Å². The highest BCUT2D eigenvalue weighted by Gasteiger charge is 2.29. The molecule has 1 atom stereocenters. The van der Waals surface area contributed by atoms with Gasteiger partial charge in [0.15, 0.2) is 5.75 Å². The van der Waals surface area contributed by atoms with E-state index in [0.717, 1.165) is 25.7 Å². The minimum Gasteiger partial charge on any atom is -0.502 e. The number of halogens is 1. The lowest BCUT2D eigenvalue weighted by atomic mass is 9.91. The number of hydrogen-bond acceptors (Lipinski definition) is 4. The van der Waals surface area contributed by atoms with Crippen molar-refractivity contribution in [3.63, 3.8) is 0 Å². The van der Waals surface area contributed by atoms with Gasteiger partial charge in [0.05, 0.1) is 4.92 Å². The highest BCUT2D eigenvalue weighted by molar-refractivity contribution is 5.85. The first-order valence-corrected chi connectivity index (χ1v) is 6.24. The number of nitro groups is 1. The van der Waals surface area contributed by atoms with Crippen molar-refractivity contribution in [3.05, 3.63) is 33.4 Å². The molecule has 1 saturated carbocycles. The first-order valence-electron chi connectivity index (χ1n) is 6.24. The van der Waals surface area contributed by atoms with Gasteiger partial charge >= 0.3 is 5.69 Å². The standard InChI is InChI=1S/C13H18N2O3.ClH/c1-8-6-7-10(13(16)12(8)15(17)18)11(14)9-4-2-3-5-9;/h6-7,9,11,16H,2-5,14H2,1H3;1H/t11-;/m0./s1. The van der Waals surface area contributed by atoms with Gasteiger partial charge < -0.3 is 10.8 Å². The highest BCUT2D eigenvalue weighted by Crippen LogP contribution is 2.41. The minimum absolute atomic E-state index is 0. The van der Waals surface area contributed by atoms with E-state index >= 15 is 0 Å². The summed E-state index contributed by atoms with van der Waals surface area (Å²) in [7, 11) is 0. The van der Waals surface area contributed by atoms with Crippen LogP contribution in [0.5, 0.6) is 5.75 Å². The molecule has 1 aliphatic carbocycles. The van der Waals surface area contributed by atoms with Gasteiger partial charge in [-0.2, -0.15) is 0 Å². The summed E-state index contributed by atoms with van der Waals surface area (Å²) in [6.07, 6.45) is 4.35. The van der Waals surface area contributed by atoms with Gasteiger partial charge in [0.25, 0.3) is 0 Å². The van der Waals surface area contributed by atoms with E-state index in [4.69, 9.17) is 5.73 Å². The summed E-state index contributed by atoms with van der Waals surface area (Å²) in [6, 6.07) is 3.05. The van der Waals surface area contributed by atoms with E-state index in [9.17, 15) is 15.2 Å². The molecule has 1 fully saturated rings. The Bertz CT molecular complexity index is 473. The van der Waals surface area contributed by atoms with Gasteiger partial charge in [0.2, 0.25) is 0 Å². The van der Waals surface area contributed by atoms with Crippen molar-refractivity contribution in [1.29, 1.82) is 0 Å². The zero-order chi connectivity index (χ0) is 13.3. The fraction of sp³-hybridized carbons (Fsp3) is 0.538. The lowest BCUT2D eigenvalue weighted by Gasteiger charge is -2.20. The second-order valence-corrected chi connectivity index (χ2v) is 5.00. The molecule has 0 heterocycles. The molecule has 6 heteroatoms. The average Bonchev–Trinajstić information content (AvgIpc) is 2.81. The second kappa shape index (κ2) is 6.21. The highest BCUT2D eigenvalue weighted by atomic mass is 35.5. The number of aryl methyl sites for hydroxylation is 1. The first-order chi connectivity index (χ1) is 8.52. The summed E-state index contributed by atoms with van der Waals surface area (Å²) in [5.41, 5.74) is 6.87. The van der Waals surface area contributed by atoms with E-state index in [1.54, 1.807) is 19.1 Å².